The molecule has 0 saturated heterocycles. The van der Waals surface area contributed by atoms with Crippen molar-refractivity contribution in [1.82, 2.24) is 0 Å². The van der Waals surface area contributed by atoms with E-state index < -0.39 is 0 Å². The standard InChI is InChI=1S/C29H49.CH4.K/c1-7-22(20(2)3)12-11-21(4)25-15-16-26-24-14-13-23-10-8-9-18-28(23,5)27(24)17-19-29(25,26)6;;/h8,13,20-22,24-27H,7,9-12,14-19H2,1-6H3;1H4;/q-1;;+1. The molecule has 0 heterocycles. The molecule has 174 valence electrons. The molecular weight excluding hydrogens is 399 g/mol. The minimum atomic E-state index is 0. The fourth-order valence-electron chi connectivity index (χ4n) is 9.14. The molecule has 0 bridgehead atoms. The van der Waals surface area contributed by atoms with Gasteiger partial charge in [-0.25, -0.2) is 0 Å². The second-order valence-electron chi connectivity index (χ2n) is 12.5. The molecule has 0 aliphatic heterocycles. The number of allylic oxidation sites excluding steroid dienone is 2. The van der Waals surface area contributed by atoms with E-state index in [1.807, 2.05) is 5.57 Å². The minimum absolute atomic E-state index is 0. The van der Waals surface area contributed by atoms with Crippen LogP contribution in [0.2, 0.25) is 0 Å². The Kier molecular flexibility index (Phi) is 10.5. The normalized spacial score (nSPS) is 41.1. The third kappa shape index (κ3) is 5.17. The maximum absolute atomic E-state index is 2.73. The first-order valence-corrected chi connectivity index (χ1v) is 13.3. The van der Waals surface area contributed by atoms with Gasteiger partial charge in [-0.2, -0.15) is 12.8 Å². The van der Waals surface area contributed by atoms with E-state index in [2.05, 4.69) is 54.0 Å². The van der Waals surface area contributed by atoms with Crippen LogP contribution in [0.5, 0.6) is 0 Å². The molecule has 4 aliphatic carbocycles. The van der Waals surface area contributed by atoms with Gasteiger partial charge in [0.1, 0.15) is 0 Å². The summed E-state index contributed by atoms with van der Waals surface area (Å²) in [5, 5.41) is 0. The maximum Gasteiger partial charge on any atom is 1.00 e. The van der Waals surface area contributed by atoms with Crippen molar-refractivity contribution >= 4 is 0 Å². The summed E-state index contributed by atoms with van der Waals surface area (Å²) < 4.78 is 0. The monoisotopic (exact) mass is 452 g/mol. The number of rotatable bonds is 6. The molecule has 4 rings (SSSR count). The molecule has 8 unspecified atom stereocenters. The summed E-state index contributed by atoms with van der Waals surface area (Å²) in [5.74, 6) is 6.65. The molecule has 1 heteroatoms. The molecule has 0 aromatic carbocycles. The molecule has 0 radical (unpaired) electrons. The van der Waals surface area contributed by atoms with Gasteiger partial charge >= 0.3 is 51.4 Å². The van der Waals surface area contributed by atoms with Crippen molar-refractivity contribution in [3.05, 3.63) is 18.1 Å². The van der Waals surface area contributed by atoms with Gasteiger partial charge in [0, 0.05) is 0 Å². The van der Waals surface area contributed by atoms with Gasteiger partial charge in [-0.15, -0.1) is 0 Å². The fourth-order valence-corrected chi connectivity index (χ4v) is 9.14. The molecule has 3 fully saturated rings. The molecule has 8 atom stereocenters. The Labute approximate surface area is 239 Å². The Morgan fingerprint density at radius 2 is 1.77 bits per heavy atom. The van der Waals surface area contributed by atoms with Gasteiger partial charge in [-0.1, -0.05) is 79.9 Å². The van der Waals surface area contributed by atoms with Gasteiger partial charge in [-0.05, 0) is 90.8 Å². The first-order valence-electron chi connectivity index (χ1n) is 13.3. The Morgan fingerprint density at radius 1 is 1.03 bits per heavy atom. The van der Waals surface area contributed by atoms with Crippen molar-refractivity contribution in [2.45, 2.75) is 120 Å². The number of fused-ring (bicyclic) bond motifs is 5. The zero-order valence-electron chi connectivity index (χ0n) is 21.5. The van der Waals surface area contributed by atoms with Crippen LogP contribution < -0.4 is 51.4 Å². The summed E-state index contributed by atoms with van der Waals surface area (Å²) >= 11 is 0. The van der Waals surface area contributed by atoms with Crippen molar-refractivity contribution in [2.75, 3.05) is 0 Å². The smallest absolute Gasteiger partial charge is 0.325 e. The molecule has 31 heavy (non-hydrogen) atoms. The van der Waals surface area contributed by atoms with E-state index in [9.17, 15) is 0 Å². The maximum atomic E-state index is 2.73. The van der Waals surface area contributed by atoms with Gasteiger partial charge in [0.2, 0.25) is 0 Å². The zero-order chi connectivity index (χ0) is 20.8. The summed E-state index contributed by atoms with van der Waals surface area (Å²) in [6, 6.07) is 0. The molecule has 0 spiro atoms. The van der Waals surface area contributed by atoms with E-state index >= 15 is 0 Å². The van der Waals surface area contributed by atoms with Crippen LogP contribution in [-0.2, 0) is 0 Å². The van der Waals surface area contributed by atoms with Crippen molar-refractivity contribution < 1.29 is 51.4 Å². The third-order valence-electron chi connectivity index (χ3n) is 11.1. The van der Waals surface area contributed by atoms with E-state index in [0.717, 1.165) is 41.4 Å². The summed E-state index contributed by atoms with van der Waals surface area (Å²) in [4.78, 5) is 0. The number of hydrogen-bond donors (Lipinski definition) is 0. The summed E-state index contributed by atoms with van der Waals surface area (Å²) in [7, 11) is 0. The van der Waals surface area contributed by atoms with E-state index in [1.165, 1.54) is 70.6 Å². The van der Waals surface area contributed by atoms with Crippen molar-refractivity contribution in [2.24, 2.45) is 52.3 Å². The van der Waals surface area contributed by atoms with Crippen LogP contribution in [0.3, 0.4) is 0 Å². The van der Waals surface area contributed by atoms with Crippen LogP contribution in [-0.4, -0.2) is 0 Å². The third-order valence-corrected chi connectivity index (χ3v) is 11.1. The Bertz CT molecular complexity index is 606. The topological polar surface area (TPSA) is 0 Å². The fraction of sp³-hybridized carbons (Fsp3) is 0.900. The van der Waals surface area contributed by atoms with Crippen molar-refractivity contribution in [3.8, 4) is 0 Å². The Morgan fingerprint density at radius 3 is 2.45 bits per heavy atom. The van der Waals surface area contributed by atoms with Crippen LogP contribution in [0.25, 0.3) is 0 Å². The Hall–Kier alpha value is 1.38. The van der Waals surface area contributed by atoms with E-state index in [0.29, 0.717) is 10.8 Å². The average molecular weight is 453 g/mol. The van der Waals surface area contributed by atoms with Crippen LogP contribution >= 0.6 is 0 Å². The summed E-state index contributed by atoms with van der Waals surface area (Å²) in [5.41, 5.74) is 2.98. The van der Waals surface area contributed by atoms with Crippen LogP contribution in [0.15, 0.2) is 11.6 Å². The largest absolute Gasteiger partial charge is 1.00 e. The molecule has 0 amide bonds. The first kappa shape index (κ1) is 28.6. The second-order valence-corrected chi connectivity index (χ2v) is 12.5. The SMILES string of the molecule is C.CCC(CCC(C)C1CCC2C3CC=C4C[CH-]CCC4(C)C3CCC12C)C(C)C.[K+]. The van der Waals surface area contributed by atoms with E-state index in [-0.39, 0.29) is 58.8 Å². The molecule has 0 nitrogen and oxygen atoms in total. The molecule has 0 aromatic rings. The minimum Gasteiger partial charge on any atom is -0.325 e. The predicted molar refractivity (Wildman–Crippen MR) is 133 cm³/mol. The molecule has 3 saturated carbocycles. The van der Waals surface area contributed by atoms with Gasteiger partial charge in [0.15, 0.2) is 0 Å². The van der Waals surface area contributed by atoms with Crippen molar-refractivity contribution in [1.29, 1.82) is 0 Å². The predicted octanol–water partition coefficient (Wildman–Crippen LogP) is 6.51. The summed E-state index contributed by atoms with van der Waals surface area (Å²) in [6.07, 6.45) is 21.1. The van der Waals surface area contributed by atoms with Crippen LogP contribution in [0.4, 0.5) is 0 Å². The van der Waals surface area contributed by atoms with Gasteiger partial charge in [-0.3, -0.25) is 0 Å². The zero-order valence-corrected chi connectivity index (χ0v) is 24.6. The van der Waals surface area contributed by atoms with Gasteiger partial charge in [0.05, 0.1) is 0 Å². The van der Waals surface area contributed by atoms with Crippen LogP contribution in [0, 0.1) is 58.7 Å². The van der Waals surface area contributed by atoms with Crippen LogP contribution in [0.1, 0.15) is 120 Å². The second kappa shape index (κ2) is 11.4. The molecular formula is C30H53K. The van der Waals surface area contributed by atoms with Gasteiger partial charge < -0.3 is 6.42 Å². The molecule has 4 aliphatic rings. The number of hydrogen-bond acceptors (Lipinski definition) is 0. The Balaban J connectivity index is 0.00000171. The summed E-state index contributed by atoms with van der Waals surface area (Å²) in [6.45, 7) is 15.3. The molecule has 0 N–H and O–H groups in total. The average Bonchev–Trinajstić information content (AvgIpc) is 3.05. The molecule has 0 aromatic heterocycles. The first-order chi connectivity index (χ1) is 13.8. The van der Waals surface area contributed by atoms with Crippen molar-refractivity contribution in [3.63, 3.8) is 0 Å². The van der Waals surface area contributed by atoms with Gasteiger partial charge in [0.25, 0.3) is 0 Å². The van der Waals surface area contributed by atoms with E-state index in [1.54, 1.807) is 0 Å². The van der Waals surface area contributed by atoms with E-state index in [4.69, 9.17) is 0 Å². The quantitative estimate of drug-likeness (QED) is 0.245.